The minimum Gasteiger partial charge on any atom is -0.437 e. The first-order valence-electron chi connectivity index (χ1n) is 6.47. The van der Waals surface area contributed by atoms with Crippen LogP contribution in [-0.2, 0) is 6.54 Å². The lowest BCUT2D eigenvalue weighted by molar-refractivity contribution is 0.443. The van der Waals surface area contributed by atoms with E-state index in [2.05, 4.69) is 40.1 Å². The molecule has 0 spiro atoms. The summed E-state index contributed by atoms with van der Waals surface area (Å²) < 4.78 is 19.8. The van der Waals surface area contributed by atoms with Crippen molar-refractivity contribution in [3.05, 3.63) is 51.3 Å². The van der Waals surface area contributed by atoms with Crippen molar-refractivity contribution in [1.29, 1.82) is 0 Å². The monoisotopic (exact) mass is 372 g/mol. The van der Waals surface area contributed by atoms with Crippen LogP contribution in [0.1, 0.15) is 19.4 Å². The number of pyridine rings is 1. The van der Waals surface area contributed by atoms with Gasteiger partial charge in [-0.25, -0.2) is 9.37 Å². The lowest BCUT2D eigenvalue weighted by Crippen LogP contribution is -2.22. The van der Waals surface area contributed by atoms with E-state index in [0.29, 0.717) is 28.7 Å². The van der Waals surface area contributed by atoms with Gasteiger partial charge in [-0.2, -0.15) is 0 Å². The molecule has 21 heavy (non-hydrogen) atoms. The Balaban J connectivity index is 2.25. The maximum atomic E-state index is 13.6. The Morgan fingerprint density at radius 1 is 1.43 bits per heavy atom. The zero-order valence-corrected chi connectivity index (χ0v) is 14.0. The fraction of sp³-hybridized carbons (Fsp3) is 0.267. The van der Waals surface area contributed by atoms with Crippen LogP contribution < -0.4 is 10.1 Å². The first-order valence-corrected chi connectivity index (χ1v) is 7.64. The first kappa shape index (κ1) is 16.2. The molecule has 2 aromatic rings. The quantitative estimate of drug-likeness (QED) is 0.755. The van der Waals surface area contributed by atoms with E-state index in [4.69, 9.17) is 16.3 Å². The largest absolute Gasteiger partial charge is 0.437 e. The second-order valence-electron chi connectivity index (χ2n) is 4.80. The van der Waals surface area contributed by atoms with E-state index in [9.17, 15) is 4.39 Å². The number of nitrogens with one attached hydrogen (secondary N) is 1. The van der Waals surface area contributed by atoms with E-state index in [-0.39, 0.29) is 5.02 Å². The van der Waals surface area contributed by atoms with Gasteiger partial charge in [0.1, 0.15) is 11.6 Å². The van der Waals surface area contributed by atoms with Crippen molar-refractivity contribution in [2.24, 2.45) is 0 Å². The van der Waals surface area contributed by atoms with Gasteiger partial charge >= 0.3 is 0 Å². The standard InChI is InChI=1S/C15H15BrClFN2O/c1-9(2)20-8-10-4-3-5-19-15(10)21-14-7-13(18)12(17)6-11(14)16/h3-7,9,20H,8H2,1-2H3. The van der Waals surface area contributed by atoms with E-state index in [1.807, 2.05) is 12.1 Å². The fourth-order valence-corrected chi connectivity index (χ4v) is 2.37. The number of hydrogen-bond donors (Lipinski definition) is 1. The Kier molecular flexibility index (Phi) is 5.56. The molecule has 0 radical (unpaired) electrons. The average Bonchev–Trinajstić information content (AvgIpc) is 2.43. The normalized spacial score (nSPS) is 11.0. The van der Waals surface area contributed by atoms with Crippen molar-refractivity contribution in [2.75, 3.05) is 0 Å². The van der Waals surface area contributed by atoms with Crippen molar-refractivity contribution in [2.45, 2.75) is 26.4 Å². The Morgan fingerprint density at radius 2 is 2.19 bits per heavy atom. The summed E-state index contributed by atoms with van der Waals surface area (Å²) in [6, 6.07) is 6.79. The molecule has 0 fully saturated rings. The van der Waals surface area contributed by atoms with Gasteiger partial charge in [0.15, 0.2) is 0 Å². The summed E-state index contributed by atoms with van der Waals surface area (Å²) in [4.78, 5) is 4.21. The number of benzene rings is 1. The summed E-state index contributed by atoms with van der Waals surface area (Å²) in [5, 5.41) is 3.33. The Hall–Kier alpha value is -1.17. The molecule has 0 atom stereocenters. The van der Waals surface area contributed by atoms with Crippen LogP contribution in [0.2, 0.25) is 5.02 Å². The average molecular weight is 374 g/mol. The SMILES string of the molecule is CC(C)NCc1cccnc1Oc1cc(F)c(Cl)cc1Br. The Labute approximate surface area is 136 Å². The number of ether oxygens (including phenoxy) is 1. The number of halogens is 3. The van der Waals surface area contributed by atoms with Crippen LogP contribution in [0, 0.1) is 5.82 Å². The fourth-order valence-electron chi connectivity index (χ4n) is 1.65. The topological polar surface area (TPSA) is 34.2 Å². The molecule has 0 aliphatic heterocycles. The smallest absolute Gasteiger partial charge is 0.223 e. The van der Waals surface area contributed by atoms with E-state index in [1.54, 1.807) is 6.20 Å². The summed E-state index contributed by atoms with van der Waals surface area (Å²) in [6.45, 7) is 4.73. The van der Waals surface area contributed by atoms with Crippen LogP contribution in [-0.4, -0.2) is 11.0 Å². The summed E-state index contributed by atoms with van der Waals surface area (Å²) in [6.07, 6.45) is 1.63. The Morgan fingerprint density at radius 3 is 2.90 bits per heavy atom. The lowest BCUT2D eigenvalue weighted by atomic mass is 10.2. The molecule has 2 rings (SSSR count). The predicted octanol–water partition coefficient (Wildman–Crippen LogP) is 4.93. The third-order valence-corrected chi connectivity index (χ3v) is 3.64. The van der Waals surface area contributed by atoms with E-state index in [0.717, 1.165) is 5.56 Å². The number of hydrogen-bond acceptors (Lipinski definition) is 3. The van der Waals surface area contributed by atoms with E-state index < -0.39 is 5.82 Å². The molecule has 0 aliphatic carbocycles. The van der Waals surface area contributed by atoms with Crippen LogP contribution in [0.4, 0.5) is 4.39 Å². The van der Waals surface area contributed by atoms with Crippen molar-refractivity contribution < 1.29 is 9.13 Å². The molecule has 1 aromatic heterocycles. The number of nitrogens with zero attached hydrogens (tertiary/aromatic N) is 1. The van der Waals surface area contributed by atoms with Gasteiger partial charge in [-0.1, -0.05) is 31.5 Å². The van der Waals surface area contributed by atoms with Crippen LogP contribution >= 0.6 is 27.5 Å². The maximum Gasteiger partial charge on any atom is 0.223 e. The van der Waals surface area contributed by atoms with Crippen molar-refractivity contribution in [1.82, 2.24) is 10.3 Å². The molecule has 0 unspecified atom stereocenters. The van der Waals surface area contributed by atoms with Gasteiger partial charge < -0.3 is 10.1 Å². The van der Waals surface area contributed by atoms with Gasteiger partial charge in [-0.3, -0.25) is 0 Å². The minimum absolute atomic E-state index is 0.0388. The molecule has 1 heterocycles. The summed E-state index contributed by atoms with van der Waals surface area (Å²) >= 11 is 9.02. The number of aromatic nitrogens is 1. The van der Waals surface area contributed by atoms with Crippen molar-refractivity contribution in [3.63, 3.8) is 0 Å². The molecule has 1 aromatic carbocycles. The molecule has 6 heteroatoms. The van der Waals surface area contributed by atoms with Crippen LogP contribution in [0.25, 0.3) is 0 Å². The second kappa shape index (κ2) is 7.20. The van der Waals surface area contributed by atoms with Gasteiger partial charge in [0.05, 0.1) is 9.50 Å². The highest BCUT2D eigenvalue weighted by Crippen LogP contribution is 2.34. The van der Waals surface area contributed by atoms with E-state index >= 15 is 0 Å². The highest BCUT2D eigenvalue weighted by molar-refractivity contribution is 9.10. The van der Waals surface area contributed by atoms with Crippen LogP contribution in [0.5, 0.6) is 11.6 Å². The molecule has 112 valence electrons. The zero-order valence-electron chi connectivity index (χ0n) is 11.7. The lowest BCUT2D eigenvalue weighted by Gasteiger charge is -2.13. The van der Waals surface area contributed by atoms with Gasteiger partial charge in [-0.15, -0.1) is 0 Å². The molecule has 0 bridgehead atoms. The third-order valence-electron chi connectivity index (χ3n) is 2.73. The molecule has 3 nitrogen and oxygen atoms in total. The van der Waals surface area contributed by atoms with Crippen molar-refractivity contribution in [3.8, 4) is 11.6 Å². The zero-order chi connectivity index (χ0) is 15.4. The highest BCUT2D eigenvalue weighted by atomic mass is 79.9. The summed E-state index contributed by atoms with van der Waals surface area (Å²) in [5.41, 5.74) is 0.897. The van der Waals surface area contributed by atoms with Gasteiger partial charge in [-0.05, 0) is 28.1 Å². The minimum atomic E-state index is -0.535. The Bertz CT molecular complexity index is 637. The van der Waals surface area contributed by atoms with Gasteiger partial charge in [0.25, 0.3) is 0 Å². The first-order chi connectivity index (χ1) is 9.97. The van der Waals surface area contributed by atoms with E-state index in [1.165, 1.54) is 12.1 Å². The predicted molar refractivity (Wildman–Crippen MR) is 85.4 cm³/mol. The number of rotatable bonds is 5. The molecular formula is C15H15BrClFN2O. The maximum absolute atomic E-state index is 13.6. The second-order valence-corrected chi connectivity index (χ2v) is 6.06. The molecule has 0 amide bonds. The van der Waals surface area contributed by atoms with Crippen LogP contribution in [0.15, 0.2) is 34.9 Å². The van der Waals surface area contributed by atoms with Gasteiger partial charge in [0, 0.05) is 30.4 Å². The molecule has 0 saturated heterocycles. The molecule has 1 N–H and O–H groups in total. The molecule has 0 saturated carbocycles. The summed E-state index contributed by atoms with van der Waals surface area (Å²) in [7, 11) is 0. The van der Waals surface area contributed by atoms with Gasteiger partial charge in [0.2, 0.25) is 5.88 Å². The molecule has 0 aliphatic rings. The molecular weight excluding hydrogens is 359 g/mol. The third kappa shape index (κ3) is 4.40. The summed E-state index contributed by atoms with van der Waals surface area (Å²) in [5.74, 6) is 0.238. The van der Waals surface area contributed by atoms with Crippen LogP contribution in [0.3, 0.4) is 0 Å². The van der Waals surface area contributed by atoms with Crippen molar-refractivity contribution >= 4 is 27.5 Å². The highest BCUT2D eigenvalue weighted by Gasteiger charge is 2.12.